The lowest BCUT2D eigenvalue weighted by atomic mass is 9.80. The molecule has 0 aliphatic carbocycles. The van der Waals surface area contributed by atoms with Crippen molar-refractivity contribution in [1.29, 1.82) is 0 Å². The van der Waals surface area contributed by atoms with Gasteiger partial charge in [0.05, 0.1) is 26.9 Å². The van der Waals surface area contributed by atoms with Crippen molar-refractivity contribution < 1.29 is 23.5 Å². The topological polar surface area (TPSA) is 107 Å². The predicted molar refractivity (Wildman–Crippen MR) is 200 cm³/mol. The second kappa shape index (κ2) is 17.6. The summed E-state index contributed by atoms with van der Waals surface area (Å²) < 4.78 is 38.3. The number of aromatic nitrogens is 2. The van der Waals surface area contributed by atoms with E-state index in [-0.39, 0.29) is 6.61 Å². The molecule has 3 atom stereocenters. The van der Waals surface area contributed by atoms with Crippen molar-refractivity contribution in [2.24, 2.45) is 0 Å². The third-order valence-corrected chi connectivity index (χ3v) is 12.0. The van der Waals surface area contributed by atoms with E-state index in [2.05, 4.69) is 54.2 Å². The van der Waals surface area contributed by atoms with Crippen LogP contribution in [-0.2, 0) is 19.6 Å². The van der Waals surface area contributed by atoms with Gasteiger partial charge in [-0.1, -0.05) is 82.3 Å². The average Bonchev–Trinajstić information content (AvgIpc) is 3.57. The lowest BCUT2D eigenvalue weighted by molar-refractivity contribution is -0.0918. The molecule has 274 valence electrons. The summed E-state index contributed by atoms with van der Waals surface area (Å²) in [7, 11) is 2.14. The highest BCUT2D eigenvalue weighted by Crippen LogP contribution is 2.50. The minimum atomic E-state index is -1.16. The van der Waals surface area contributed by atoms with Crippen LogP contribution in [0.5, 0.6) is 11.5 Å². The fraction of sp³-hybridized carbons (Fsp3) is 0.436. The van der Waals surface area contributed by atoms with Gasteiger partial charge in [0.1, 0.15) is 29.4 Å². The summed E-state index contributed by atoms with van der Waals surface area (Å²) >= 11 is 0. The highest BCUT2D eigenvalue weighted by atomic mass is 31.2. The van der Waals surface area contributed by atoms with E-state index in [1.54, 1.807) is 27.3 Å². The third kappa shape index (κ3) is 8.30. The summed E-state index contributed by atoms with van der Waals surface area (Å²) in [6.07, 6.45) is 0.285. The molecule has 11 nitrogen and oxygen atoms in total. The van der Waals surface area contributed by atoms with Crippen LogP contribution in [0, 0.1) is 6.92 Å². The zero-order valence-corrected chi connectivity index (χ0v) is 31.6. The van der Waals surface area contributed by atoms with E-state index in [0.29, 0.717) is 12.0 Å². The Labute approximate surface area is 302 Å². The predicted octanol–water partition coefficient (Wildman–Crippen LogP) is 6.45. The zero-order chi connectivity index (χ0) is 36.5. The van der Waals surface area contributed by atoms with Gasteiger partial charge in [0.25, 0.3) is 5.56 Å². The molecule has 1 aliphatic rings. The standard InChI is InChI=1S/C39H51N4O7P/c1-8-41(9-2)51(42(10-3)11-4)50-34-25-36(43-26-28(5)37(44)40-38(43)45)49-35(34)27-48-39(29-15-13-12-14-16-29,30-17-21-32(46-6)22-18-30)31-19-23-33(47-7)24-20-31/h12-24,26,34-36H,8-11,25,27H2,1-7H3,(H,40,44,45)/t34-,35+,36+/m0/s1. The molecule has 0 unspecified atom stereocenters. The molecule has 0 amide bonds. The number of hydrogen-bond donors (Lipinski definition) is 1. The molecular formula is C39H51N4O7P. The minimum Gasteiger partial charge on any atom is -0.497 e. The molecule has 1 saturated heterocycles. The normalized spacial score (nSPS) is 17.8. The Balaban J connectivity index is 1.61. The van der Waals surface area contributed by atoms with Crippen LogP contribution in [0.15, 0.2) is 94.6 Å². The molecule has 0 bridgehead atoms. The molecule has 12 heteroatoms. The number of methoxy groups -OCH3 is 2. The van der Waals surface area contributed by atoms with Gasteiger partial charge < -0.3 is 23.5 Å². The number of nitrogens with one attached hydrogen (secondary N) is 1. The maximum absolute atomic E-state index is 13.1. The van der Waals surface area contributed by atoms with Crippen LogP contribution in [0.4, 0.5) is 0 Å². The lowest BCUT2D eigenvalue weighted by Gasteiger charge is -2.39. The molecule has 0 radical (unpaired) electrons. The molecule has 4 aromatic rings. The molecular weight excluding hydrogens is 667 g/mol. The molecule has 51 heavy (non-hydrogen) atoms. The van der Waals surface area contributed by atoms with E-state index < -0.39 is 43.7 Å². The van der Waals surface area contributed by atoms with Crippen molar-refractivity contribution in [3.05, 3.63) is 128 Å². The van der Waals surface area contributed by atoms with E-state index in [1.807, 2.05) is 66.7 Å². The summed E-state index contributed by atoms with van der Waals surface area (Å²) in [5.41, 5.74) is 1.13. The zero-order valence-electron chi connectivity index (χ0n) is 30.7. The fourth-order valence-corrected chi connectivity index (χ4v) is 8.63. The van der Waals surface area contributed by atoms with Crippen molar-refractivity contribution in [3.63, 3.8) is 0 Å². The first-order valence-corrected chi connectivity index (χ1v) is 18.8. The van der Waals surface area contributed by atoms with Crippen LogP contribution in [0.2, 0.25) is 0 Å². The first-order chi connectivity index (χ1) is 24.7. The van der Waals surface area contributed by atoms with Crippen LogP contribution in [0.25, 0.3) is 0 Å². The Hall–Kier alpha value is -3.83. The van der Waals surface area contributed by atoms with Crippen molar-refractivity contribution >= 4 is 8.45 Å². The third-order valence-electron chi connectivity index (χ3n) is 9.45. The number of nitrogens with zero attached hydrogens (tertiary/aromatic N) is 3. The van der Waals surface area contributed by atoms with Crippen LogP contribution in [-0.4, -0.2) is 78.1 Å². The maximum Gasteiger partial charge on any atom is 0.330 e. The number of H-pyrrole nitrogens is 1. The first kappa shape index (κ1) is 38.4. The van der Waals surface area contributed by atoms with Crippen molar-refractivity contribution in [2.75, 3.05) is 47.0 Å². The molecule has 3 aromatic carbocycles. The Morgan fingerprint density at radius 3 is 1.80 bits per heavy atom. The Kier molecular flexibility index (Phi) is 13.2. The molecule has 0 spiro atoms. The summed E-state index contributed by atoms with van der Waals surface area (Å²) in [5, 5.41) is 0. The Morgan fingerprint density at radius 2 is 1.31 bits per heavy atom. The van der Waals surface area contributed by atoms with E-state index >= 15 is 0 Å². The summed E-state index contributed by atoms with van der Waals surface area (Å²) in [6.45, 7) is 13.6. The second-order valence-corrected chi connectivity index (χ2v) is 14.2. The van der Waals surface area contributed by atoms with Gasteiger partial charge in [0.2, 0.25) is 0 Å². The average molecular weight is 719 g/mol. The first-order valence-electron chi connectivity index (χ1n) is 17.6. The van der Waals surface area contributed by atoms with Crippen LogP contribution < -0.4 is 20.7 Å². The molecule has 5 rings (SSSR count). The van der Waals surface area contributed by atoms with E-state index in [4.69, 9.17) is 23.5 Å². The monoisotopic (exact) mass is 718 g/mol. The molecule has 1 fully saturated rings. The molecule has 2 heterocycles. The smallest absolute Gasteiger partial charge is 0.330 e. The molecule has 1 N–H and O–H groups in total. The van der Waals surface area contributed by atoms with E-state index in [9.17, 15) is 9.59 Å². The SMILES string of the molecule is CCN(CC)P(O[C@H]1C[C@H](n2cc(C)c(=O)[nH]c2=O)O[C@@H]1COC(c1ccccc1)(c1ccc(OC)cc1)c1ccc(OC)cc1)N(CC)CC. The fourth-order valence-electron chi connectivity index (χ4n) is 6.58. The van der Waals surface area contributed by atoms with E-state index in [0.717, 1.165) is 54.4 Å². The van der Waals surface area contributed by atoms with Crippen molar-refractivity contribution in [1.82, 2.24) is 18.9 Å². The highest BCUT2D eigenvalue weighted by molar-refractivity contribution is 7.47. The van der Waals surface area contributed by atoms with Crippen molar-refractivity contribution in [3.8, 4) is 11.5 Å². The number of aromatic amines is 1. The van der Waals surface area contributed by atoms with Gasteiger partial charge in [-0.25, -0.2) is 14.1 Å². The molecule has 1 aromatic heterocycles. The van der Waals surface area contributed by atoms with Crippen LogP contribution in [0.1, 0.15) is 62.6 Å². The van der Waals surface area contributed by atoms with Crippen molar-refractivity contribution in [2.45, 2.75) is 65.1 Å². The number of aryl methyl sites for hydroxylation is 1. The van der Waals surface area contributed by atoms with Gasteiger partial charge in [0.15, 0.2) is 8.45 Å². The Bertz CT molecular complexity index is 1730. The van der Waals surface area contributed by atoms with Gasteiger partial charge in [-0.15, -0.1) is 0 Å². The summed E-state index contributed by atoms with van der Waals surface area (Å²) in [5.74, 6) is 1.46. The van der Waals surface area contributed by atoms with Gasteiger partial charge in [-0.3, -0.25) is 14.3 Å². The number of benzene rings is 3. The maximum atomic E-state index is 13.1. The Morgan fingerprint density at radius 1 is 0.804 bits per heavy atom. The second-order valence-electron chi connectivity index (χ2n) is 12.3. The van der Waals surface area contributed by atoms with Crippen LogP contribution >= 0.6 is 8.45 Å². The van der Waals surface area contributed by atoms with Gasteiger partial charge in [-0.05, 0) is 47.9 Å². The number of hydrogen-bond acceptors (Lipinski definition) is 9. The lowest BCUT2D eigenvalue weighted by Crippen LogP contribution is -2.39. The quantitative estimate of drug-likeness (QED) is 0.0974. The summed E-state index contributed by atoms with van der Waals surface area (Å²) in [6, 6.07) is 25.9. The number of rotatable bonds is 17. The minimum absolute atomic E-state index is 0.130. The largest absolute Gasteiger partial charge is 0.497 e. The van der Waals surface area contributed by atoms with Crippen LogP contribution in [0.3, 0.4) is 0 Å². The number of ether oxygens (including phenoxy) is 4. The summed E-state index contributed by atoms with van der Waals surface area (Å²) in [4.78, 5) is 27.8. The van der Waals surface area contributed by atoms with Gasteiger partial charge in [0, 0.05) is 44.4 Å². The van der Waals surface area contributed by atoms with E-state index in [1.165, 1.54) is 4.57 Å². The highest BCUT2D eigenvalue weighted by Gasteiger charge is 2.44. The molecule has 0 saturated carbocycles. The van der Waals surface area contributed by atoms with Gasteiger partial charge in [-0.2, -0.15) is 0 Å². The molecule has 1 aliphatic heterocycles. The van der Waals surface area contributed by atoms with Gasteiger partial charge >= 0.3 is 5.69 Å².